The summed E-state index contributed by atoms with van der Waals surface area (Å²) in [6.07, 6.45) is 4.24. The third-order valence-electron chi connectivity index (χ3n) is 5.04. The van der Waals surface area contributed by atoms with Crippen LogP contribution in [-0.2, 0) is 4.79 Å². The van der Waals surface area contributed by atoms with Crippen molar-refractivity contribution in [3.05, 3.63) is 0 Å². The summed E-state index contributed by atoms with van der Waals surface area (Å²) in [5.41, 5.74) is 5.94. The van der Waals surface area contributed by atoms with E-state index in [0.29, 0.717) is 6.42 Å². The van der Waals surface area contributed by atoms with Gasteiger partial charge in [-0.15, -0.1) is 0 Å². The zero-order valence-electron chi connectivity index (χ0n) is 16.9. The molecule has 0 aliphatic heterocycles. The number of nitrogens with two attached hydrogens (primary N) is 1. The number of carbonyl (C=O) groups excluding carboxylic acids is 1. The second kappa shape index (κ2) is 11.6. The van der Waals surface area contributed by atoms with Crippen molar-refractivity contribution in [2.24, 2.45) is 16.1 Å². The molecule has 0 aromatic heterocycles. The van der Waals surface area contributed by atoms with Crippen molar-refractivity contribution >= 4 is 24.5 Å². The Morgan fingerprint density at radius 2 is 1.92 bits per heavy atom. The predicted octanol–water partition coefficient (Wildman–Crippen LogP) is 1.91. The van der Waals surface area contributed by atoms with E-state index in [0.717, 1.165) is 43.9 Å². The first kappa shape index (κ1) is 24.1. The molecule has 25 heavy (non-hydrogen) atoms. The second-order valence-electron chi connectivity index (χ2n) is 7.40. The van der Waals surface area contributed by atoms with E-state index in [1.54, 1.807) is 7.05 Å². The summed E-state index contributed by atoms with van der Waals surface area (Å²) in [5, 5.41) is 9.30. The maximum Gasteiger partial charge on any atom is 0.237 e. The first-order valence-electron chi connectivity index (χ1n) is 9.26. The molecule has 7 heteroatoms. The third-order valence-corrected chi connectivity index (χ3v) is 5.80. The summed E-state index contributed by atoms with van der Waals surface area (Å²) in [7, 11) is 3.54. The maximum atomic E-state index is 12.5. The molecule has 0 radical (unpaired) electrons. The predicted molar refractivity (Wildman–Crippen MR) is 111 cm³/mol. The molecule has 0 saturated heterocycles. The first-order valence-corrected chi connectivity index (χ1v) is 9.89. The molecule has 0 aliphatic rings. The normalized spacial score (nSPS) is 18.0. The van der Waals surface area contributed by atoms with E-state index in [4.69, 9.17) is 5.73 Å². The monoisotopic (exact) mass is 373 g/mol. The minimum Gasteiger partial charge on any atom is -0.359 e. The molecule has 0 aliphatic carbocycles. The van der Waals surface area contributed by atoms with Crippen LogP contribution in [0.25, 0.3) is 0 Å². The molecule has 0 spiro atoms. The van der Waals surface area contributed by atoms with E-state index in [2.05, 4.69) is 61.3 Å². The van der Waals surface area contributed by atoms with Gasteiger partial charge in [-0.1, -0.05) is 20.8 Å². The van der Waals surface area contributed by atoms with Crippen molar-refractivity contribution in [3.63, 3.8) is 0 Å². The van der Waals surface area contributed by atoms with Crippen LogP contribution in [0.1, 0.15) is 59.8 Å². The van der Waals surface area contributed by atoms with E-state index in [-0.39, 0.29) is 16.9 Å². The number of aliphatic imine (C=N–C) groups is 1. The summed E-state index contributed by atoms with van der Waals surface area (Å²) in [6, 6.07) is -0.492. The molecule has 0 saturated carbocycles. The van der Waals surface area contributed by atoms with Crippen LogP contribution in [0.3, 0.4) is 0 Å². The molecule has 3 atom stereocenters. The van der Waals surface area contributed by atoms with Crippen LogP contribution in [0, 0.1) is 5.41 Å². The number of amides is 1. The van der Waals surface area contributed by atoms with Gasteiger partial charge in [0.25, 0.3) is 0 Å². The van der Waals surface area contributed by atoms with Crippen molar-refractivity contribution in [2.45, 2.75) is 71.4 Å². The molecule has 0 fully saturated rings. The Morgan fingerprint density at radius 3 is 2.36 bits per heavy atom. The van der Waals surface area contributed by atoms with Gasteiger partial charge >= 0.3 is 0 Å². The van der Waals surface area contributed by atoms with Crippen molar-refractivity contribution in [1.82, 2.24) is 16.0 Å². The highest BCUT2D eigenvalue weighted by Crippen LogP contribution is 2.34. The molecular formula is C18H39N5OS. The van der Waals surface area contributed by atoms with Gasteiger partial charge in [0.05, 0.1) is 6.04 Å². The fraction of sp³-hybridized carbons (Fsp3) is 0.889. The lowest BCUT2D eigenvalue weighted by Gasteiger charge is -2.39. The van der Waals surface area contributed by atoms with Gasteiger partial charge in [0.1, 0.15) is 0 Å². The Labute approximate surface area is 159 Å². The van der Waals surface area contributed by atoms with Gasteiger partial charge < -0.3 is 21.7 Å². The van der Waals surface area contributed by atoms with Gasteiger partial charge in [0, 0.05) is 26.2 Å². The van der Waals surface area contributed by atoms with Crippen LogP contribution in [0.2, 0.25) is 0 Å². The minimum atomic E-state index is -0.492. The summed E-state index contributed by atoms with van der Waals surface area (Å²) in [4.78, 5) is 16.6. The highest BCUT2D eigenvalue weighted by Gasteiger charge is 2.34. The van der Waals surface area contributed by atoms with E-state index in [9.17, 15) is 4.79 Å². The summed E-state index contributed by atoms with van der Waals surface area (Å²) in [5.74, 6) is 1.47. The zero-order chi connectivity index (χ0) is 19.5. The van der Waals surface area contributed by atoms with Crippen molar-refractivity contribution < 1.29 is 4.79 Å². The lowest BCUT2D eigenvalue weighted by molar-refractivity contribution is -0.124. The Balaban J connectivity index is 4.51. The fourth-order valence-electron chi connectivity index (χ4n) is 2.82. The molecule has 0 rings (SSSR count). The quantitative estimate of drug-likeness (QED) is 0.166. The van der Waals surface area contributed by atoms with Crippen molar-refractivity contribution in [2.75, 3.05) is 26.4 Å². The molecule has 0 aromatic rings. The van der Waals surface area contributed by atoms with Gasteiger partial charge in [-0.3, -0.25) is 9.79 Å². The molecule has 0 bridgehead atoms. The standard InChI is InChI=1S/C18H39N5OS/c1-7-17(3,13-25)12-18(4,8-2)23-15(24)14(19)10-9-11-22-16(20-5)21-6/h14,25H,7-13,19H2,1-6H3,(H,23,24)(H2,20,21,22). The lowest BCUT2D eigenvalue weighted by Crippen LogP contribution is -2.54. The van der Waals surface area contributed by atoms with Gasteiger partial charge in [0.15, 0.2) is 5.96 Å². The van der Waals surface area contributed by atoms with Gasteiger partial charge in [-0.05, 0) is 50.2 Å². The van der Waals surface area contributed by atoms with Crippen LogP contribution in [0.4, 0.5) is 0 Å². The lowest BCUT2D eigenvalue weighted by atomic mass is 9.76. The maximum absolute atomic E-state index is 12.5. The summed E-state index contributed by atoms with van der Waals surface area (Å²) >= 11 is 4.49. The number of rotatable bonds is 11. The molecule has 148 valence electrons. The molecule has 6 nitrogen and oxygen atoms in total. The number of nitrogens with zero attached hydrogens (tertiary/aromatic N) is 1. The fourth-order valence-corrected chi connectivity index (χ4v) is 3.16. The minimum absolute atomic E-state index is 0.0695. The van der Waals surface area contributed by atoms with Crippen LogP contribution in [0.15, 0.2) is 4.99 Å². The highest BCUT2D eigenvalue weighted by atomic mass is 32.1. The molecule has 5 N–H and O–H groups in total. The molecule has 0 aromatic carbocycles. The smallest absolute Gasteiger partial charge is 0.237 e. The number of thiol groups is 1. The molecule has 0 heterocycles. The Bertz CT molecular complexity index is 426. The van der Waals surface area contributed by atoms with E-state index in [1.165, 1.54) is 0 Å². The zero-order valence-corrected chi connectivity index (χ0v) is 17.8. The van der Waals surface area contributed by atoms with Crippen LogP contribution >= 0.6 is 12.6 Å². The topological polar surface area (TPSA) is 91.5 Å². The van der Waals surface area contributed by atoms with E-state index < -0.39 is 6.04 Å². The molecule has 3 unspecified atom stereocenters. The van der Waals surface area contributed by atoms with Gasteiger partial charge in [-0.2, -0.15) is 12.6 Å². The number of hydrogen-bond donors (Lipinski definition) is 5. The van der Waals surface area contributed by atoms with Crippen molar-refractivity contribution in [1.29, 1.82) is 0 Å². The SMILES string of the molecule is CCC(C)(CS)CC(C)(CC)NC(=O)C(N)CCCN/C(=N/C)NC. The molecular weight excluding hydrogens is 334 g/mol. The number of guanidine groups is 1. The Morgan fingerprint density at radius 1 is 1.28 bits per heavy atom. The molecule has 1 amide bonds. The number of nitrogens with one attached hydrogen (secondary N) is 3. The van der Waals surface area contributed by atoms with Crippen LogP contribution in [-0.4, -0.2) is 49.8 Å². The third kappa shape index (κ3) is 8.81. The van der Waals surface area contributed by atoms with E-state index in [1.807, 2.05) is 7.05 Å². The van der Waals surface area contributed by atoms with Crippen molar-refractivity contribution in [3.8, 4) is 0 Å². The van der Waals surface area contributed by atoms with Crippen LogP contribution in [0.5, 0.6) is 0 Å². The summed E-state index contributed by atoms with van der Waals surface area (Å²) < 4.78 is 0. The largest absolute Gasteiger partial charge is 0.359 e. The number of carbonyl (C=O) groups is 1. The second-order valence-corrected chi connectivity index (χ2v) is 7.72. The first-order chi connectivity index (χ1) is 11.7. The average molecular weight is 374 g/mol. The van der Waals surface area contributed by atoms with Gasteiger partial charge in [-0.25, -0.2) is 0 Å². The van der Waals surface area contributed by atoms with Crippen LogP contribution < -0.4 is 21.7 Å². The Hall–Kier alpha value is -0.950. The average Bonchev–Trinajstić information content (AvgIpc) is 2.61. The van der Waals surface area contributed by atoms with Gasteiger partial charge in [0.2, 0.25) is 5.91 Å². The Kier molecular flexibility index (Phi) is 11.2. The number of hydrogen-bond acceptors (Lipinski definition) is 4. The highest BCUT2D eigenvalue weighted by molar-refractivity contribution is 7.80. The summed E-state index contributed by atoms with van der Waals surface area (Å²) in [6.45, 7) is 9.33. The van der Waals surface area contributed by atoms with E-state index >= 15 is 0 Å².